The third kappa shape index (κ3) is 5.41. The summed E-state index contributed by atoms with van der Waals surface area (Å²) in [4.78, 5) is 24.4. The van der Waals surface area contributed by atoms with E-state index < -0.39 is 21.8 Å². The first-order valence-corrected chi connectivity index (χ1v) is 11.2. The van der Waals surface area contributed by atoms with Crippen LogP contribution in [-0.2, 0) is 14.8 Å². The average Bonchev–Trinajstić information content (AvgIpc) is 3.59. The molecule has 0 aromatic heterocycles. The zero-order valence-corrected chi connectivity index (χ0v) is 17.3. The fourth-order valence-electron chi connectivity index (χ4n) is 2.84. The molecule has 9 nitrogen and oxygen atoms in total. The highest BCUT2D eigenvalue weighted by Gasteiger charge is 2.27. The number of amides is 2. The number of carbonyl (C=O) groups excluding carboxylic acids is 2. The van der Waals surface area contributed by atoms with Gasteiger partial charge in [0.25, 0.3) is 11.8 Å². The number of hydrogen-bond donors (Lipinski definition) is 3. The highest BCUT2D eigenvalue weighted by molar-refractivity contribution is 7.89. The summed E-state index contributed by atoms with van der Waals surface area (Å²) in [6, 6.07) is 10.9. The minimum absolute atomic E-state index is 0.0330. The van der Waals surface area contributed by atoms with Crippen LogP contribution >= 0.6 is 0 Å². The number of ether oxygens (including phenoxy) is 2. The van der Waals surface area contributed by atoms with Crippen molar-refractivity contribution in [1.29, 1.82) is 0 Å². The van der Waals surface area contributed by atoms with Gasteiger partial charge in [0.1, 0.15) is 13.2 Å². The number of rotatable bonds is 6. The summed E-state index contributed by atoms with van der Waals surface area (Å²) < 4.78 is 37.8. The fraction of sp³-hybridized carbons (Fsp3) is 0.238. The maximum Gasteiger partial charge on any atom is 0.269 e. The lowest BCUT2D eigenvalue weighted by Crippen LogP contribution is -2.40. The van der Waals surface area contributed by atoms with Gasteiger partial charge >= 0.3 is 0 Å². The summed E-state index contributed by atoms with van der Waals surface area (Å²) in [6.07, 6.45) is 4.47. The van der Waals surface area contributed by atoms with Crippen LogP contribution in [0.4, 0.5) is 0 Å². The van der Waals surface area contributed by atoms with Gasteiger partial charge in [0.2, 0.25) is 10.0 Å². The van der Waals surface area contributed by atoms with Gasteiger partial charge in [-0.25, -0.2) is 13.1 Å². The van der Waals surface area contributed by atoms with Crippen LogP contribution in [0, 0.1) is 0 Å². The second kappa shape index (κ2) is 8.78. The predicted octanol–water partition coefficient (Wildman–Crippen LogP) is 1.37. The molecule has 3 N–H and O–H groups in total. The summed E-state index contributed by atoms with van der Waals surface area (Å²) in [6.45, 7) is 0.861. The molecule has 10 heteroatoms. The van der Waals surface area contributed by atoms with E-state index in [0.717, 1.165) is 12.8 Å². The Morgan fingerprint density at radius 3 is 2.35 bits per heavy atom. The lowest BCUT2D eigenvalue weighted by molar-refractivity contribution is -0.117. The maximum absolute atomic E-state index is 12.2. The van der Waals surface area contributed by atoms with E-state index in [0.29, 0.717) is 35.8 Å². The molecular weight excluding hydrogens is 422 g/mol. The SMILES string of the molecule is O=C(/C=C/c1ccc(S(=O)(=O)NC2CC2)cc1)NNC(=O)c1ccc2c(c1)OCCO2. The Balaban J connectivity index is 1.29. The van der Waals surface area contributed by atoms with Gasteiger partial charge in [-0.3, -0.25) is 20.4 Å². The highest BCUT2D eigenvalue weighted by Crippen LogP contribution is 2.30. The van der Waals surface area contributed by atoms with Crippen molar-refractivity contribution in [1.82, 2.24) is 15.6 Å². The third-order valence-electron chi connectivity index (χ3n) is 4.62. The minimum atomic E-state index is -3.51. The van der Waals surface area contributed by atoms with Crippen LogP contribution in [0.25, 0.3) is 6.08 Å². The molecule has 1 aliphatic carbocycles. The highest BCUT2D eigenvalue weighted by atomic mass is 32.2. The van der Waals surface area contributed by atoms with Crippen LogP contribution < -0.4 is 25.0 Å². The number of benzene rings is 2. The van der Waals surface area contributed by atoms with Gasteiger partial charge in [0.15, 0.2) is 11.5 Å². The molecule has 1 saturated carbocycles. The molecule has 1 fully saturated rings. The van der Waals surface area contributed by atoms with Gasteiger partial charge in [0, 0.05) is 17.7 Å². The Labute approximate surface area is 179 Å². The maximum atomic E-state index is 12.2. The second-order valence-corrected chi connectivity index (χ2v) is 8.81. The Kier molecular flexibility index (Phi) is 5.92. The van der Waals surface area contributed by atoms with E-state index in [1.54, 1.807) is 30.3 Å². The van der Waals surface area contributed by atoms with Crippen LogP contribution in [0.2, 0.25) is 0 Å². The normalized spacial score (nSPS) is 15.5. The first-order valence-electron chi connectivity index (χ1n) is 9.71. The number of nitrogens with one attached hydrogen (secondary N) is 3. The number of hydrogen-bond acceptors (Lipinski definition) is 6. The number of sulfonamides is 1. The van der Waals surface area contributed by atoms with Crippen molar-refractivity contribution >= 4 is 27.9 Å². The Morgan fingerprint density at radius 2 is 1.65 bits per heavy atom. The lowest BCUT2D eigenvalue weighted by Gasteiger charge is -2.18. The first-order chi connectivity index (χ1) is 14.9. The van der Waals surface area contributed by atoms with Gasteiger partial charge < -0.3 is 9.47 Å². The van der Waals surface area contributed by atoms with Gasteiger partial charge in [-0.15, -0.1) is 0 Å². The molecule has 0 saturated heterocycles. The van der Waals surface area contributed by atoms with Crippen molar-refractivity contribution in [3.8, 4) is 11.5 Å². The number of carbonyl (C=O) groups is 2. The molecule has 0 atom stereocenters. The molecule has 0 radical (unpaired) electrons. The largest absolute Gasteiger partial charge is 0.486 e. The molecular formula is C21H21N3O6S. The number of fused-ring (bicyclic) bond motifs is 1. The first kappa shape index (κ1) is 20.9. The molecule has 1 heterocycles. The lowest BCUT2D eigenvalue weighted by atomic mass is 10.2. The van der Waals surface area contributed by atoms with Crippen molar-refractivity contribution in [3.63, 3.8) is 0 Å². The van der Waals surface area contributed by atoms with E-state index in [1.165, 1.54) is 24.3 Å². The minimum Gasteiger partial charge on any atom is -0.486 e. The van der Waals surface area contributed by atoms with E-state index in [-0.39, 0.29) is 10.9 Å². The van der Waals surface area contributed by atoms with E-state index in [4.69, 9.17) is 9.47 Å². The zero-order chi connectivity index (χ0) is 21.8. The van der Waals surface area contributed by atoms with Crippen molar-refractivity contribution in [2.45, 2.75) is 23.8 Å². The van der Waals surface area contributed by atoms with E-state index in [1.807, 2.05) is 0 Å². The molecule has 162 valence electrons. The standard InChI is InChI=1S/C21H21N3O6S/c25-20(22-23-21(26)15-4-9-18-19(13-15)30-12-11-29-18)10-3-14-1-7-17(8-2-14)31(27,28)24-16-5-6-16/h1-4,7-10,13,16,24H,5-6,11-12H2,(H,22,25)(H,23,26)/b10-3+. The molecule has 0 bridgehead atoms. The second-order valence-electron chi connectivity index (χ2n) is 7.10. The Bertz CT molecular complexity index is 1120. The van der Waals surface area contributed by atoms with Crippen molar-refractivity contribution < 1.29 is 27.5 Å². The summed E-state index contributed by atoms with van der Waals surface area (Å²) in [5.41, 5.74) is 5.56. The smallest absolute Gasteiger partial charge is 0.269 e. The summed E-state index contributed by atoms with van der Waals surface area (Å²) in [7, 11) is -3.51. The summed E-state index contributed by atoms with van der Waals surface area (Å²) >= 11 is 0. The molecule has 2 aromatic carbocycles. The Morgan fingerprint density at radius 1 is 0.935 bits per heavy atom. The predicted molar refractivity (Wildman–Crippen MR) is 112 cm³/mol. The van der Waals surface area contributed by atoms with Gasteiger partial charge in [-0.05, 0) is 54.8 Å². The van der Waals surface area contributed by atoms with Gasteiger partial charge in [-0.1, -0.05) is 12.1 Å². The van der Waals surface area contributed by atoms with Crippen LogP contribution in [0.1, 0.15) is 28.8 Å². The van der Waals surface area contributed by atoms with Crippen molar-refractivity contribution in [3.05, 3.63) is 59.7 Å². The molecule has 31 heavy (non-hydrogen) atoms. The monoisotopic (exact) mass is 443 g/mol. The average molecular weight is 443 g/mol. The van der Waals surface area contributed by atoms with Crippen LogP contribution in [0.15, 0.2) is 53.4 Å². The van der Waals surface area contributed by atoms with Gasteiger partial charge in [0.05, 0.1) is 4.90 Å². The third-order valence-corrected chi connectivity index (χ3v) is 6.16. The molecule has 1 aliphatic heterocycles. The molecule has 2 aliphatic rings. The van der Waals surface area contributed by atoms with Crippen molar-refractivity contribution in [2.24, 2.45) is 0 Å². The zero-order valence-electron chi connectivity index (χ0n) is 16.5. The van der Waals surface area contributed by atoms with Crippen LogP contribution in [0.3, 0.4) is 0 Å². The van der Waals surface area contributed by atoms with Crippen LogP contribution in [0.5, 0.6) is 11.5 Å². The number of hydrazine groups is 1. The fourth-order valence-corrected chi connectivity index (χ4v) is 4.14. The Hall–Kier alpha value is -3.37. The molecule has 2 amide bonds. The molecule has 2 aromatic rings. The quantitative estimate of drug-likeness (QED) is 0.458. The summed E-state index contributed by atoms with van der Waals surface area (Å²) in [5.74, 6) is -0.00532. The van der Waals surface area contributed by atoms with Gasteiger partial charge in [-0.2, -0.15) is 0 Å². The molecule has 4 rings (SSSR count). The topological polar surface area (TPSA) is 123 Å². The van der Waals surface area contributed by atoms with E-state index >= 15 is 0 Å². The molecule has 0 unspecified atom stereocenters. The van der Waals surface area contributed by atoms with E-state index in [2.05, 4.69) is 15.6 Å². The summed E-state index contributed by atoms with van der Waals surface area (Å²) in [5, 5.41) is 0. The molecule has 0 spiro atoms. The van der Waals surface area contributed by atoms with Crippen LogP contribution in [-0.4, -0.2) is 39.5 Å². The van der Waals surface area contributed by atoms with E-state index in [9.17, 15) is 18.0 Å². The van der Waals surface area contributed by atoms with Crippen molar-refractivity contribution in [2.75, 3.05) is 13.2 Å².